The molecule has 0 fully saturated rings. The van der Waals surface area contributed by atoms with Gasteiger partial charge in [0.25, 0.3) is 0 Å². The molecule has 2 rings (SSSR count). The van der Waals surface area contributed by atoms with E-state index in [1.807, 2.05) is 7.05 Å². The summed E-state index contributed by atoms with van der Waals surface area (Å²) in [6.45, 7) is 0. The summed E-state index contributed by atoms with van der Waals surface area (Å²) in [4.78, 5) is 4.05. The third-order valence-electron chi connectivity index (χ3n) is 2.08. The lowest BCUT2D eigenvalue weighted by Crippen LogP contribution is -1.93. The molecule has 14 heavy (non-hydrogen) atoms. The van der Waals surface area contributed by atoms with Gasteiger partial charge in [0.05, 0.1) is 11.9 Å². The molecule has 0 amide bonds. The third-order valence-corrected chi connectivity index (χ3v) is 2.82. The average Bonchev–Trinajstić information content (AvgIpc) is 2.49. The minimum atomic E-state index is -0.233. The van der Waals surface area contributed by atoms with Crippen LogP contribution < -0.4 is 0 Å². The zero-order valence-corrected chi connectivity index (χ0v) is 9.12. The molecule has 4 heteroatoms. The van der Waals surface area contributed by atoms with Crippen molar-refractivity contribution in [3.63, 3.8) is 0 Å². The highest BCUT2D eigenvalue weighted by molar-refractivity contribution is 9.10. The third kappa shape index (κ3) is 1.46. The van der Waals surface area contributed by atoms with Crippen LogP contribution in [-0.2, 0) is 7.05 Å². The van der Waals surface area contributed by atoms with E-state index in [1.165, 1.54) is 6.07 Å². The number of hydrogen-bond acceptors (Lipinski definition) is 1. The van der Waals surface area contributed by atoms with Crippen LogP contribution in [0.3, 0.4) is 0 Å². The summed E-state index contributed by atoms with van der Waals surface area (Å²) < 4.78 is 15.9. The Kier molecular flexibility index (Phi) is 2.37. The van der Waals surface area contributed by atoms with Gasteiger partial charge < -0.3 is 4.57 Å². The number of hydrogen-bond donors (Lipinski definition) is 0. The summed E-state index contributed by atoms with van der Waals surface area (Å²) in [6, 6.07) is 6.65. The zero-order chi connectivity index (χ0) is 10.1. The van der Waals surface area contributed by atoms with E-state index in [1.54, 1.807) is 29.0 Å². The summed E-state index contributed by atoms with van der Waals surface area (Å²) >= 11 is 3.27. The first-order valence-corrected chi connectivity index (χ1v) is 4.91. The van der Waals surface area contributed by atoms with Gasteiger partial charge in [-0.2, -0.15) is 0 Å². The molecular weight excluding hydrogens is 247 g/mol. The lowest BCUT2D eigenvalue weighted by Gasteiger charge is -2.03. The largest absolute Gasteiger partial charge is 0.322 e. The number of rotatable bonds is 1. The Morgan fingerprint density at radius 3 is 2.64 bits per heavy atom. The maximum Gasteiger partial charge on any atom is 0.177 e. The van der Waals surface area contributed by atoms with Crippen molar-refractivity contribution in [1.29, 1.82) is 0 Å². The fraction of sp³-hybridized carbons (Fsp3) is 0.100. The maximum absolute atomic E-state index is 13.4. The van der Waals surface area contributed by atoms with Crippen molar-refractivity contribution in [2.45, 2.75) is 0 Å². The predicted octanol–water partition coefficient (Wildman–Crippen LogP) is 2.99. The van der Waals surface area contributed by atoms with Crippen LogP contribution in [0, 0.1) is 5.82 Å². The Hall–Kier alpha value is -1.16. The van der Waals surface area contributed by atoms with Gasteiger partial charge in [-0.05, 0) is 28.1 Å². The average molecular weight is 255 g/mol. The molecule has 0 saturated heterocycles. The van der Waals surface area contributed by atoms with Gasteiger partial charge in [0.1, 0.15) is 5.82 Å². The van der Waals surface area contributed by atoms with E-state index in [0.29, 0.717) is 10.3 Å². The van der Waals surface area contributed by atoms with Crippen LogP contribution in [0.2, 0.25) is 0 Å². The highest BCUT2D eigenvalue weighted by Gasteiger charge is 2.09. The van der Waals surface area contributed by atoms with Crippen LogP contribution in [-0.4, -0.2) is 9.55 Å². The van der Waals surface area contributed by atoms with E-state index in [-0.39, 0.29) is 5.82 Å². The first kappa shape index (κ1) is 9.40. The first-order chi connectivity index (χ1) is 6.70. The minimum Gasteiger partial charge on any atom is -0.322 e. The quantitative estimate of drug-likeness (QED) is 0.765. The van der Waals surface area contributed by atoms with Gasteiger partial charge in [-0.15, -0.1) is 0 Å². The van der Waals surface area contributed by atoms with Crippen molar-refractivity contribution in [3.05, 3.63) is 41.0 Å². The Bertz CT molecular complexity index is 465. The van der Waals surface area contributed by atoms with E-state index in [9.17, 15) is 4.39 Å². The molecule has 0 spiro atoms. The molecule has 1 aromatic carbocycles. The Morgan fingerprint density at radius 2 is 2.07 bits per heavy atom. The molecule has 0 radical (unpaired) electrons. The first-order valence-electron chi connectivity index (χ1n) is 4.12. The van der Waals surface area contributed by atoms with Crippen molar-refractivity contribution < 1.29 is 4.39 Å². The van der Waals surface area contributed by atoms with Crippen molar-refractivity contribution in [2.24, 2.45) is 7.05 Å². The Balaban J connectivity index is 2.60. The zero-order valence-electron chi connectivity index (χ0n) is 7.54. The monoisotopic (exact) mass is 254 g/mol. The van der Waals surface area contributed by atoms with E-state index >= 15 is 0 Å². The van der Waals surface area contributed by atoms with Crippen LogP contribution in [0.15, 0.2) is 35.2 Å². The highest BCUT2D eigenvalue weighted by Crippen LogP contribution is 2.24. The second-order valence-electron chi connectivity index (χ2n) is 2.95. The molecule has 72 valence electrons. The molecule has 0 aliphatic carbocycles. The van der Waals surface area contributed by atoms with Crippen LogP contribution in [0.5, 0.6) is 0 Å². The van der Waals surface area contributed by atoms with Crippen molar-refractivity contribution in [1.82, 2.24) is 9.55 Å². The minimum absolute atomic E-state index is 0.233. The fourth-order valence-electron chi connectivity index (χ4n) is 1.31. The van der Waals surface area contributed by atoms with Gasteiger partial charge in [0.15, 0.2) is 4.73 Å². The molecule has 0 atom stereocenters. The highest BCUT2D eigenvalue weighted by atomic mass is 79.9. The molecule has 2 nitrogen and oxygen atoms in total. The van der Waals surface area contributed by atoms with Gasteiger partial charge in [-0.1, -0.05) is 12.1 Å². The summed E-state index contributed by atoms with van der Waals surface area (Å²) in [6.07, 6.45) is 1.64. The fourth-order valence-corrected chi connectivity index (χ4v) is 1.60. The SMILES string of the molecule is Cn1c(-c2ccccc2F)cnc1Br. The molecule has 0 saturated carbocycles. The molecule has 0 N–H and O–H groups in total. The normalized spacial score (nSPS) is 10.5. The topological polar surface area (TPSA) is 17.8 Å². The number of nitrogens with zero attached hydrogens (tertiary/aromatic N) is 2. The summed E-state index contributed by atoms with van der Waals surface area (Å²) in [5.41, 5.74) is 1.32. The number of imidazole rings is 1. The van der Waals surface area contributed by atoms with E-state index in [0.717, 1.165) is 5.69 Å². The predicted molar refractivity (Wildman–Crippen MR) is 56.3 cm³/mol. The smallest absolute Gasteiger partial charge is 0.177 e. The van der Waals surface area contributed by atoms with Crippen molar-refractivity contribution >= 4 is 15.9 Å². The van der Waals surface area contributed by atoms with Gasteiger partial charge in [0, 0.05) is 12.6 Å². The van der Waals surface area contributed by atoms with Gasteiger partial charge in [-0.25, -0.2) is 9.37 Å². The van der Waals surface area contributed by atoms with Crippen LogP contribution >= 0.6 is 15.9 Å². The van der Waals surface area contributed by atoms with Gasteiger partial charge in [-0.3, -0.25) is 0 Å². The van der Waals surface area contributed by atoms with Crippen LogP contribution in [0.1, 0.15) is 0 Å². The molecular formula is C10H8BrFN2. The standard InChI is InChI=1S/C10H8BrFN2/c1-14-9(6-13-10(14)11)7-4-2-3-5-8(7)12/h2-6H,1H3. The van der Waals surface area contributed by atoms with Gasteiger partial charge in [0.2, 0.25) is 0 Å². The summed E-state index contributed by atoms with van der Waals surface area (Å²) in [5, 5.41) is 0. The molecule has 2 aromatic rings. The van der Waals surface area contributed by atoms with Crippen LogP contribution in [0.25, 0.3) is 11.3 Å². The second kappa shape index (κ2) is 3.53. The molecule has 1 aromatic heterocycles. The molecule has 0 aliphatic rings. The maximum atomic E-state index is 13.4. The summed E-state index contributed by atoms with van der Waals surface area (Å²) in [5.74, 6) is -0.233. The molecule has 0 unspecified atom stereocenters. The van der Waals surface area contributed by atoms with E-state index in [4.69, 9.17) is 0 Å². The van der Waals surface area contributed by atoms with E-state index < -0.39 is 0 Å². The van der Waals surface area contributed by atoms with Crippen LogP contribution in [0.4, 0.5) is 4.39 Å². The lowest BCUT2D eigenvalue weighted by molar-refractivity contribution is 0.629. The number of aromatic nitrogens is 2. The Labute approximate surface area is 89.5 Å². The lowest BCUT2D eigenvalue weighted by atomic mass is 10.1. The second-order valence-corrected chi connectivity index (χ2v) is 3.66. The van der Waals surface area contributed by atoms with Crippen molar-refractivity contribution in [3.8, 4) is 11.3 Å². The molecule has 0 bridgehead atoms. The Morgan fingerprint density at radius 1 is 1.36 bits per heavy atom. The summed E-state index contributed by atoms with van der Waals surface area (Å²) in [7, 11) is 1.83. The number of halogens is 2. The van der Waals surface area contributed by atoms with Crippen molar-refractivity contribution in [2.75, 3.05) is 0 Å². The van der Waals surface area contributed by atoms with Gasteiger partial charge >= 0.3 is 0 Å². The molecule has 1 heterocycles. The molecule has 0 aliphatic heterocycles. The number of benzene rings is 1. The van der Waals surface area contributed by atoms with E-state index in [2.05, 4.69) is 20.9 Å².